The lowest BCUT2D eigenvalue weighted by Gasteiger charge is -2.48. The van der Waals surface area contributed by atoms with Gasteiger partial charge < -0.3 is 89.9 Å². The fraction of sp³-hybridized carbons (Fsp3) is 0.695. The fourth-order valence-electron chi connectivity index (χ4n) is 13.7. The van der Waals surface area contributed by atoms with Crippen LogP contribution in [0.5, 0.6) is 0 Å². The molecule has 3 aliphatic rings. The van der Waals surface area contributed by atoms with Crippen molar-refractivity contribution < 1.29 is 89.4 Å². The Morgan fingerprint density at radius 1 is 0.325 bits per heavy atom. The van der Waals surface area contributed by atoms with Crippen molar-refractivity contribution >= 4 is 5.91 Å². The number of unbranched alkanes of at least 4 members (excludes halogenated alkanes) is 27. The Bertz CT molecular complexity index is 2730. The number of carbonyl (C=O) groups excluding carboxylic acids is 1. The predicted molar refractivity (Wildman–Crippen MR) is 461 cm³/mol. The molecule has 650 valence electrons. The molecule has 17 unspecified atom stereocenters. The second-order valence-corrected chi connectivity index (χ2v) is 30.6. The summed E-state index contributed by atoms with van der Waals surface area (Å²) in [5.74, 6) is -0.326. The smallest absolute Gasteiger partial charge is 0.220 e. The van der Waals surface area contributed by atoms with Crippen LogP contribution in [0.2, 0.25) is 0 Å². The maximum absolute atomic E-state index is 13.5. The molecule has 3 heterocycles. The zero-order chi connectivity index (χ0) is 82.4. The van der Waals surface area contributed by atoms with Crippen molar-refractivity contribution in [3.63, 3.8) is 0 Å². The summed E-state index contributed by atoms with van der Waals surface area (Å²) in [5, 5.41) is 121. The zero-order valence-corrected chi connectivity index (χ0v) is 70.0. The summed E-state index contributed by atoms with van der Waals surface area (Å²) in [6, 6.07) is -1.03. The summed E-state index contributed by atoms with van der Waals surface area (Å²) >= 11 is 0. The van der Waals surface area contributed by atoms with Crippen molar-refractivity contribution in [1.82, 2.24) is 5.32 Å². The minimum atomic E-state index is -2.00. The number of carbonyl (C=O) groups is 1. The highest BCUT2D eigenvalue weighted by molar-refractivity contribution is 5.76. The van der Waals surface area contributed by atoms with Crippen LogP contribution < -0.4 is 5.32 Å². The molecule has 19 heteroatoms. The maximum atomic E-state index is 13.5. The molecule has 3 saturated heterocycles. The van der Waals surface area contributed by atoms with Crippen LogP contribution in [0.3, 0.4) is 0 Å². The highest BCUT2D eigenvalue weighted by Gasteiger charge is 2.54. The molecule has 0 aromatic heterocycles. The van der Waals surface area contributed by atoms with E-state index in [1.54, 1.807) is 6.08 Å². The largest absolute Gasteiger partial charge is 0.394 e. The van der Waals surface area contributed by atoms with Crippen LogP contribution in [-0.4, -0.2) is 193 Å². The number of hydrogen-bond donors (Lipinski definition) is 12. The Morgan fingerprint density at radius 3 is 0.982 bits per heavy atom. The summed E-state index contributed by atoms with van der Waals surface area (Å²) in [6.07, 6.45) is 82.1. The highest BCUT2D eigenvalue weighted by Crippen LogP contribution is 2.33. The monoisotopic (exact) mass is 1600 g/mol. The molecule has 0 aromatic rings. The van der Waals surface area contributed by atoms with Gasteiger partial charge in [-0.05, 0) is 128 Å². The van der Waals surface area contributed by atoms with Crippen LogP contribution in [0.1, 0.15) is 290 Å². The van der Waals surface area contributed by atoms with Gasteiger partial charge in [-0.15, -0.1) is 0 Å². The fourth-order valence-corrected chi connectivity index (χ4v) is 13.7. The summed E-state index contributed by atoms with van der Waals surface area (Å²) in [5.41, 5.74) is 0. The number of nitrogens with one attached hydrogen (secondary N) is 1. The van der Waals surface area contributed by atoms with Gasteiger partial charge in [0, 0.05) is 6.42 Å². The third kappa shape index (κ3) is 50.2. The molecule has 0 bridgehead atoms. The van der Waals surface area contributed by atoms with E-state index in [-0.39, 0.29) is 12.3 Å². The molecule has 3 aliphatic heterocycles. The normalized spacial score (nSPS) is 25.6. The molecule has 0 radical (unpaired) electrons. The molecule has 3 fully saturated rings. The van der Waals surface area contributed by atoms with Crippen molar-refractivity contribution in [2.45, 2.75) is 394 Å². The van der Waals surface area contributed by atoms with Gasteiger partial charge in [-0.2, -0.15) is 0 Å². The molecule has 0 spiro atoms. The van der Waals surface area contributed by atoms with Crippen LogP contribution >= 0.6 is 0 Å². The van der Waals surface area contributed by atoms with E-state index >= 15 is 0 Å². The van der Waals surface area contributed by atoms with Crippen molar-refractivity contribution in [3.05, 3.63) is 170 Å². The lowest BCUT2D eigenvalue weighted by Crippen LogP contribution is -2.66. The van der Waals surface area contributed by atoms with E-state index in [9.17, 15) is 61.0 Å². The Morgan fingerprint density at radius 2 is 0.614 bits per heavy atom. The molecule has 0 saturated carbocycles. The molecule has 0 aliphatic carbocycles. The summed E-state index contributed by atoms with van der Waals surface area (Å²) in [7, 11) is 0. The number of hydrogen-bond acceptors (Lipinski definition) is 18. The molecule has 17 atom stereocenters. The van der Waals surface area contributed by atoms with Gasteiger partial charge in [0.2, 0.25) is 5.91 Å². The Kier molecular flexibility index (Phi) is 65.4. The number of ether oxygens (including phenoxy) is 6. The van der Waals surface area contributed by atoms with E-state index in [4.69, 9.17) is 28.4 Å². The maximum Gasteiger partial charge on any atom is 0.220 e. The van der Waals surface area contributed by atoms with Crippen molar-refractivity contribution in [1.29, 1.82) is 0 Å². The topological polar surface area (TPSA) is 307 Å². The van der Waals surface area contributed by atoms with E-state index in [2.05, 4.69) is 177 Å². The molecule has 3 rings (SSSR count). The average Bonchev–Trinajstić information content (AvgIpc) is 0.777. The number of aliphatic hydroxyl groups excluding tert-OH is 11. The van der Waals surface area contributed by atoms with Gasteiger partial charge in [-0.25, -0.2) is 0 Å². The van der Waals surface area contributed by atoms with Gasteiger partial charge >= 0.3 is 0 Å². The Labute approximate surface area is 688 Å². The lowest BCUT2D eigenvalue weighted by molar-refractivity contribution is -0.379. The van der Waals surface area contributed by atoms with E-state index in [1.165, 1.54) is 141 Å². The molecular weight excluding hydrogens is 1440 g/mol. The van der Waals surface area contributed by atoms with Crippen LogP contribution in [0.4, 0.5) is 0 Å². The number of aliphatic hydroxyl groups is 11. The molecule has 12 N–H and O–H groups in total. The van der Waals surface area contributed by atoms with Gasteiger partial charge in [0.25, 0.3) is 0 Å². The lowest BCUT2D eigenvalue weighted by atomic mass is 9.96. The third-order valence-corrected chi connectivity index (χ3v) is 20.7. The first-order valence-corrected chi connectivity index (χ1v) is 44.4. The number of amides is 1. The van der Waals surface area contributed by atoms with Gasteiger partial charge in [-0.1, -0.05) is 325 Å². The molecular formula is C95H157NO18. The first-order valence-electron chi connectivity index (χ1n) is 44.4. The summed E-state index contributed by atoms with van der Waals surface area (Å²) < 4.78 is 34.4. The van der Waals surface area contributed by atoms with Crippen molar-refractivity contribution in [2.75, 3.05) is 26.4 Å². The van der Waals surface area contributed by atoms with Gasteiger partial charge in [0.1, 0.15) is 73.2 Å². The summed E-state index contributed by atoms with van der Waals surface area (Å²) in [4.78, 5) is 13.5. The van der Waals surface area contributed by atoms with Crippen LogP contribution in [0.25, 0.3) is 0 Å². The minimum Gasteiger partial charge on any atom is -0.394 e. The molecule has 1 amide bonds. The quantitative estimate of drug-likeness (QED) is 0.0199. The number of allylic oxidation sites excluding steroid dienone is 27. The first-order chi connectivity index (χ1) is 55.8. The summed E-state index contributed by atoms with van der Waals surface area (Å²) in [6.45, 7) is 1.58. The van der Waals surface area contributed by atoms with Gasteiger partial charge in [0.15, 0.2) is 18.9 Å². The zero-order valence-electron chi connectivity index (χ0n) is 70.0. The Hall–Kier alpha value is -4.85. The van der Waals surface area contributed by atoms with E-state index < -0.39 is 131 Å². The van der Waals surface area contributed by atoms with Crippen molar-refractivity contribution in [3.8, 4) is 0 Å². The highest BCUT2D eigenvalue weighted by atomic mass is 16.8. The standard InChI is InChI=1S/C95H157NO18/c1-3-5-7-9-11-13-15-17-19-21-23-25-27-29-31-33-35-37-38-39-40-41-43-45-47-49-51-53-55-57-59-61-63-65-67-69-71-73-83(101)96-78(79(100)72-70-68-66-64-62-60-58-56-54-52-50-48-46-44-42-36-34-32-30-28-26-24-22-20-18-16-14-12-10-8-6-4-2)77-109-93-89(107)86(104)91(81(75-98)111-93)114-95-90(108)87(105)92(82(76-99)112-95)113-94-88(106)85(103)84(102)80(74-97)110-94/h5,7,11,13,17,19,23,25,29,31,35,37,39-40,43,45,49,51,54-57,61-64,70,72,78-82,84-95,97-100,102-108H,3-4,6,8-10,12,14-16,18,20-22,24,26-28,30,32-34,36,38,41-42,44,46-48,50,52-53,58-60,65-69,71,73-77H2,1-2H3,(H,96,101)/b7-5-,13-11-,19-17-,25-23-,31-29-,37-35-,40-39-,45-43-,51-49-,56-54+,57-55-,63-61-,64-62+,72-70+. The number of rotatable bonds is 69. The average molecular weight is 1600 g/mol. The SMILES string of the molecule is CC/C=C\C/C=C\C/C=C\C/C=C\C/C=C\C/C=C\C/C=C\C/C=C\C/C=C\C/C=C\C/C=C\CCCCCC(=O)NC(COC1OC(CO)C(OC2OC(CO)C(OC3OC(CO)C(O)C(O)C3O)C(O)C2O)C(O)C1O)C(O)/C=C/CC/C=C/CC/C=C/CCCCCCCCCCCCCCCCCCCCCCCC. The molecule has 114 heavy (non-hydrogen) atoms. The predicted octanol–water partition coefficient (Wildman–Crippen LogP) is 16.9. The Balaban J connectivity index is 1.38. The van der Waals surface area contributed by atoms with Crippen molar-refractivity contribution in [2.24, 2.45) is 0 Å². The molecule has 19 nitrogen and oxygen atoms in total. The minimum absolute atomic E-state index is 0.180. The van der Waals surface area contributed by atoms with Crippen LogP contribution in [0, 0.1) is 0 Å². The van der Waals surface area contributed by atoms with Crippen LogP contribution in [-0.2, 0) is 33.2 Å². The first kappa shape index (κ1) is 103. The third-order valence-electron chi connectivity index (χ3n) is 20.7. The van der Waals surface area contributed by atoms with Crippen LogP contribution in [0.15, 0.2) is 170 Å². The van der Waals surface area contributed by atoms with Gasteiger partial charge in [-0.3, -0.25) is 4.79 Å². The second-order valence-electron chi connectivity index (χ2n) is 30.6. The van der Waals surface area contributed by atoms with E-state index in [0.29, 0.717) is 12.8 Å². The van der Waals surface area contributed by atoms with Gasteiger partial charge in [0.05, 0.1) is 38.6 Å². The van der Waals surface area contributed by atoms with E-state index in [1.807, 2.05) is 6.08 Å². The molecule has 0 aromatic carbocycles. The van der Waals surface area contributed by atoms with E-state index in [0.717, 1.165) is 116 Å². The second kappa shape index (κ2) is 72.2.